The topological polar surface area (TPSA) is 69.6 Å². The number of amides is 2. The van der Waals surface area contributed by atoms with Gasteiger partial charge in [-0.1, -0.05) is 0 Å². The summed E-state index contributed by atoms with van der Waals surface area (Å²) in [5, 5.41) is 10.6. The maximum atomic E-state index is 13.4. The number of urea groups is 1. The number of carboxylic acid groups (broad SMARTS) is 1. The first-order valence-electron chi connectivity index (χ1n) is 5.96. The molecule has 0 spiro atoms. The largest absolute Gasteiger partial charge is 0.480 e. The van der Waals surface area contributed by atoms with E-state index in [1.54, 1.807) is 5.32 Å². The summed E-state index contributed by atoms with van der Waals surface area (Å²) < 4.78 is 52.9. The van der Waals surface area contributed by atoms with E-state index in [0.29, 0.717) is 6.42 Å². The van der Waals surface area contributed by atoms with Gasteiger partial charge < -0.3 is 15.3 Å². The maximum absolute atomic E-state index is 13.4. The van der Waals surface area contributed by atoms with Crippen LogP contribution in [-0.4, -0.2) is 34.6 Å². The number of rotatable bonds is 2. The fraction of sp³-hybridized carbons (Fsp3) is 0.333. The number of nitrogens with one attached hydrogen (secondary N) is 1. The molecule has 2 N–H and O–H groups in total. The van der Waals surface area contributed by atoms with Crippen molar-refractivity contribution in [2.45, 2.75) is 18.9 Å². The minimum atomic E-state index is -1.76. The van der Waals surface area contributed by atoms with E-state index >= 15 is 0 Å². The van der Waals surface area contributed by atoms with Gasteiger partial charge in [-0.2, -0.15) is 0 Å². The quantitative estimate of drug-likeness (QED) is 0.651. The highest BCUT2D eigenvalue weighted by Gasteiger charge is 2.35. The molecule has 1 heterocycles. The lowest BCUT2D eigenvalue weighted by Gasteiger charge is -2.22. The number of hydrogen-bond acceptors (Lipinski definition) is 2. The zero-order valence-corrected chi connectivity index (χ0v) is 10.5. The summed E-state index contributed by atoms with van der Waals surface area (Å²) in [4.78, 5) is 23.6. The van der Waals surface area contributed by atoms with Crippen LogP contribution in [0.4, 0.5) is 28.0 Å². The molecule has 114 valence electrons. The lowest BCUT2D eigenvalue weighted by molar-refractivity contribution is -0.141. The van der Waals surface area contributed by atoms with Gasteiger partial charge in [0.05, 0.1) is 0 Å². The normalized spacial score (nSPS) is 17.9. The number of carboxylic acids is 1. The van der Waals surface area contributed by atoms with Gasteiger partial charge in [-0.25, -0.2) is 27.2 Å². The standard InChI is InChI=1S/C12H10F4N2O3/c13-5-4-6(14)9(16)10(8(5)15)17-12(21)18-3-1-2-7(18)11(19)20/h4,7H,1-3H2,(H,17,21)(H,19,20)/t7-/m1/s1. The number of anilines is 1. The van der Waals surface area contributed by atoms with Gasteiger partial charge in [0.25, 0.3) is 0 Å². The van der Waals surface area contributed by atoms with Crippen molar-refractivity contribution in [3.05, 3.63) is 29.3 Å². The highest BCUT2D eigenvalue weighted by Crippen LogP contribution is 2.26. The number of carbonyl (C=O) groups excluding carboxylic acids is 1. The van der Waals surface area contributed by atoms with Crippen molar-refractivity contribution in [1.82, 2.24) is 4.90 Å². The molecule has 0 saturated carbocycles. The van der Waals surface area contributed by atoms with Crippen LogP contribution in [0.3, 0.4) is 0 Å². The maximum Gasteiger partial charge on any atom is 0.326 e. The van der Waals surface area contributed by atoms with Gasteiger partial charge >= 0.3 is 12.0 Å². The van der Waals surface area contributed by atoms with Crippen LogP contribution >= 0.6 is 0 Å². The number of hydrogen-bond donors (Lipinski definition) is 2. The van der Waals surface area contributed by atoms with Gasteiger partial charge in [-0.15, -0.1) is 0 Å². The zero-order chi connectivity index (χ0) is 15.7. The van der Waals surface area contributed by atoms with Crippen LogP contribution < -0.4 is 5.32 Å². The Morgan fingerprint density at radius 1 is 1.19 bits per heavy atom. The smallest absolute Gasteiger partial charge is 0.326 e. The Bertz CT molecular complexity index is 582. The highest BCUT2D eigenvalue weighted by atomic mass is 19.2. The van der Waals surface area contributed by atoms with Gasteiger partial charge in [0.15, 0.2) is 23.3 Å². The molecule has 0 aromatic heterocycles. The van der Waals surface area contributed by atoms with Crippen LogP contribution in [0.1, 0.15) is 12.8 Å². The molecule has 1 aliphatic heterocycles. The molecule has 0 radical (unpaired) electrons. The predicted molar refractivity (Wildman–Crippen MR) is 62.7 cm³/mol. The van der Waals surface area contributed by atoms with Gasteiger partial charge in [0.2, 0.25) is 0 Å². The molecule has 1 aliphatic rings. The molecule has 2 rings (SSSR count). The molecule has 1 aromatic carbocycles. The molecule has 0 unspecified atom stereocenters. The summed E-state index contributed by atoms with van der Waals surface area (Å²) >= 11 is 0. The molecule has 5 nitrogen and oxygen atoms in total. The van der Waals surface area contributed by atoms with Crippen LogP contribution in [0.5, 0.6) is 0 Å². The van der Waals surface area contributed by atoms with Crippen molar-refractivity contribution in [3.63, 3.8) is 0 Å². The molecule has 1 aromatic rings. The van der Waals surface area contributed by atoms with E-state index in [9.17, 15) is 27.2 Å². The van der Waals surface area contributed by atoms with E-state index in [2.05, 4.69) is 0 Å². The fourth-order valence-electron chi connectivity index (χ4n) is 2.13. The average Bonchev–Trinajstić information content (AvgIpc) is 2.91. The van der Waals surface area contributed by atoms with Crippen molar-refractivity contribution in [1.29, 1.82) is 0 Å². The molecule has 21 heavy (non-hydrogen) atoms. The summed E-state index contributed by atoms with van der Waals surface area (Å²) in [7, 11) is 0. The SMILES string of the molecule is O=C(O)[C@H]1CCCN1C(=O)Nc1c(F)c(F)cc(F)c1F. The van der Waals surface area contributed by atoms with Gasteiger partial charge in [0.1, 0.15) is 11.7 Å². The van der Waals surface area contributed by atoms with Crippen molar-refractivity contribution in [2.75, 3.05) is 11.9 Å². The third kappa shape index (κ3) is 2.76. The Hall–Kier alpha value is -2.32. The first-order valence-corrected chi connectivity index (χ1v) is 5.96. The molecule has 0 bridgehead atoms. The van der Waals surface area contributed by atoms with Gasteiger partial charge in [-0.05, 0) is 12.8 Å². The summed E-state index contributed by atoms with van der Waals surface area (Å²) in [6.45, 7) is 0.0594. The van der Waals surface area contributed by atoms with E-state index < -0.39 is 47.0 Å². The third-order valence-corrected chi connectivity index (χ3v) is 3.14. The molecular weight excluding hydrogens is 296 g/mol. The molecule has 1 saturated heterocycles. The van der Waals surface area contributed by atoms with Crippen molar-refractivity contribution < 1.29 is 32.3 Å². The number of benzene rings is 1. The Morgan fingerprint density at radius 3 is 2.29 bits per heavy atom. The number of likely N-dealkylation sites (tertiary alicyclic amines) is 1. The lowest BCUT2D eigenvalue weighted by atomic mass is 10.2. The first kappa shape index (κ1) is 15.1. The molecule has 1 atom stereocenters. The van der Waals surface area contributed by atoms with E-state index in [0.717, 1.165) is 4.90 Å². The minimum Gasteiger partial charge on any atom is -0.480 e. The van der Waals surface area contributed by atoms with E-state index in [4.69, 9.17) is 5.11 Å². The number of carbonyl (C=O) groups is 2. The monoisotopic (exact) mass is 306 g/mol. The Labute approximate surface area is 116 Å². The molecular formula is C12H10F4N2O3. The number of halogens is 4. The number of nitrogens with zero attached hydrogens (tertiary/aromatic N) is 1. The molecule has 0 aliphatic carbocycles. The van der Waals surface area contributed by atoms with E-state index in [1.165, 1.54) is 0 Å². The van der Waals surface area contributed by atoms with Gasteiger partial charge in [0, 0.05) is 12.6 Å². The van der Waals surface area contributed by atoms with Crippen LogP contribution in [-0.2, 0) is 4.79 Å². The minimum absolute atomic E-state index is 0.0101. The Balaban J connectivity index is 2.26. The van der Waals surface area contributed by atoms with E-state index in [1.807, 2.05) is 0 Å². The second-order valence-corrected chi connectivity index (χ2v) is 4.46. The summed E-state index contributed by atoms with van der Waals surface area (Å²) in [6, 6.07) is -2.27. The Kier molecular flexibility index (Phi) is 4.01. The van der Waals surface area contributed by atoms with E-state index in [-0.39, 0.29) is 19.0 Å². The van der Waals surface area contributed by atoms with Crippen molar-refractivity contribution >= 4 is 17.7 Å². The molecule has 1 fully saturated rings. The van der Waals surface area contributed by atoms with Gasteiger partial charge in [-0.3, -0.25) is 0 Å². The second-order valence-electron chi connectivity index (χ2n) is 4.46. The summed E-state index contributed by atoms with van der Waals surface area (Å²) in [5.74, 6) is -8.11. The van der Waals surface area contributed by atoms with Crippen LogP contribution in [0.15, 0.2) is 6.07 Å². The lowest BCUT2D eigenvalue weighted by Crippen LogP contribution is -2.43. The summed E-state index contributed by atoms with van der Waals surface area (Å²) in [5.41, 5.74) is -1.28. The highest BCUT2D eigenvalue weighted by molar-refractivity contribution is 5.93. The second kappa shape index (κ2) is 5.58. The number of aliphatic carboxylic acids is 1. The van der Waals surface area contributed by atoms with Crippen LogP contribution in [0.25, 0.3) is 0 Å². The van der Waals surface area contributed by atoms with Crippen molar-refractivity contribution in [3.8, 4) is 0 Å². The molecule has 2 amide bonds. The first-order chi connectivity index (χ1) is 9.82. The predicted octanol–water partition coefficient (Wildman–Crippen LogP) is 2.32. The van der Waals surface area contributed by atoms with Crippen LogP contribution in [0.2, 0.25) is 0 Å². The summed E-state index contributed by atoms with van der Waals surface area (Å²) in [6.07, 6.45) is 0.581. The molecule has 9 heteroatoms. The fourth-order valence-corrected chi connectivity index (χ4v) is 2.13. The Morgan fingerprint density at radius 2 is 1.76 bits per heavy atom. The zero-order valence-electron chi connectivity index (χ0n) is 10.5. The average molecular weight is 306 g/mol. The van der Waals surface area contributed by atoms with Crippen molar-refractivity contribution in [2.24, 2.45) is 0 Å². The van der Waals surface area contributed by atoms with Crippen LogP contribution in [0, 0.1) is 23.3 Å². The third-order valence-electron chi connectivity index (χ3n) is 3.14.